The molecule has 20 heavy (non-hydrogen) atoms. The molecule has 3 nitrogen and oxygen atoms in total. The van der Waals surface area contributed by atoms with E-state index in [2.05, 4.69) is 57.8 Å². The Hall–Kier alpha value is -1.22. The Balaban J connectivity index is 2.99. The van der Waals surface area contributed by atoms with Crippen LogP contribution in [0.3, 0.4) is 0 Å². The molecule has 1 unspecified atom stereocenters. The number of hydrogen-bond donors (Lipinski definition) is 2. The van der Waals surface area contributed by atoms with Gasteiger partial charge in [0.2, 0.25) is 0 Å². The molecular formula is C17H30N2O. The molecule has 0 saturated carbocycles. The lowest BCUT2D eigenvalue weighted by molar-refractivity contribution is 0.454. The third kappa shape index (κ3) is 4.41. The van der Waals surface area contributed by atoms with Crippen molar-refractivity contribution in [3.63, 3.8) is 0 Å². The van der Waals surface area contributed by atoms with Crippen molar-refractivity contribution in [3.05, 3.63) is 23.8 Å². The van der Waals surface area contributed by atoms with Crippen molar-refractivity contribution in [2.24, 2.45) is 5.92 Å². The van der Waals surface area contributed by atoms with Crippen LogP contribution in [-0.4, -0.2) is 24.2 Å². The minimum Gasteiger partial charge on any atom is -0.508 e. The molecule has 0 bridgehead atoms. The van der Waals surface area contributed by atoms with Crippen molar-refractivity contribution in [1.29, 1.82) is 0 Å². The molecule has 0 aliphatic carbocycles. The van der Waals surface area contributed by atoms with Crippen LogP contribution in [0.1, 0.15) is 53.1 Å². The first kappa shape index (κ1) is 16.8. The van der Waals surface area contributed by atoms with Crippen LogP contribution in [-0.2, 0) is 0 Å². The second kappa shape index (κ2) is 7.53. The first-order valence-electron chi connectivity index (χ1n) is 7.69. The van der Waals surface area contributed by atoms with Gasteiger partial charge in [-0.15, -0.1) is 0 Å². The molecule has 0 heterocycles. The summed E-state index contributed by atoms with van der Waals surface area (Å²) >= 11 is 0. The highest BCUT2D eigenvalue weighted by molar-refractivity contribution is 5.54. The number of nitrogens with one attached hydrogen (secondary N) is 1. The molecule has 3 heteroatoms. The summed E-state index contributed by atoms with van der Waals surface area (Å²) in [5.41, 5.74) is 2.06. The van der Waals surface area contributed by atoms with Gasteiger partial charge in [0.1, 0.15) is 5.75 Å². The fourth-order valence-corrected chi connectivity index (χ4v) is 2.50. The number of rotatable bonds is 7. The molecule has 0 radical (unpaired) electrons. The van der Waals surface area contributed by atoms with Crippen LogP contribution < -0.4 is 10.2 Å². The van der Waals surface area contributed by atoms with E-state index in [4.69, 9.17) is 0 Å². The van der Waals surface area contributed by atoms with Crippen LogP contribution in [0.25, 0.3) is 0 Å². The average molecular weight is 278 g/mol. The first-order chi connectivity index (χ1) is 9.36. The largest absolute Gasteiger partial charge is 0.508 e. The minimum atomic E-state index is 0.173. The number of anilines is 1. The lowest BCUT2D eigenvalue weighted by Gasteiger charge is -2.31. The molecule has 0 aliphatic heterocycles. The molecule has 1 atom stereocenters. The summed E-state index contributed by atoms with van der Waals surface area (Å²) in [5, 5.41) is 13.6. The number of aromatic hydroxyl groups is 1. The van der Waals surface area contributed by atoms with Gasteiger partial charge in [-0.3, -0.25) is 0 Å². The van der Waals surface area contributed by atoms with Crippen molar-refractivity contribution >= 4 is 5.69 Å². The van der Waals surface area contributed by atoms with E-state index < -0.39 is 0 Å². The van der Waals surface area contributed by atoms with E-state index in [0.29, 0.717) is 17.7 Å². The summed E-state index contributed by atoms with van der Waals surface area (Å²) in [6, 6.07) is 6.64. The maximum atomic E-state index is 10.3. The van der Waals surface area contributed by atoms with Gasteiger partial charge in [-0.05, 0) is 39.3 Å². The molecule has 0 amide bonds. The van der Waals surface area contributed by atoms with Gasteiger partial charge >= 0.3 is 0 Å². The lowest BCUT2D eigenvalue weighted by atomic mass is 10.0. The number of nitrogens with zero attached hydrogens (tertiary/aromatic N) is 1. The van der Waals surface area contributed by atoms with Crippen LogP contribution >= 0.6 is 0 Å². The van der Waals surface area contributed by atoms with Crippen molar-refractivity contribution in [1.82, 2.24) is 5.32 Å². The zero-order valence-corrected chi connectivity index (χ0v) is 13.8. The van der Waals surface area contributed by atoms with Crippen LogP contribution in [0.4, 0.5) is 5.69 Å². The van der Waals surface area contributed by atoms with Gasteiger partial charge < -0.3 is 15.3 Å². The SMILES string of the molecule is CCNC(C)c1ccc(N(CC(C)C)C(C)C)cc1O. The van der Waals surface area contributed by atoms with Crippen LogP contribution in [0.2, 0.25) is 0 Å². The standard InChI is InChI=1S/C17H30N2O/c1-7-18-14(6)16-9-8-15(10-17(16)20)19(13(4)5)11-12(2)3/h8-10,12-14,18,20H,7,11H2,1-6H3. The van der Waals surface area contributed by atoms with Gasteiger partial charge in [-0.25, -0.2) is 0 Å². The Morgan fingerprint density at radius 2 is 1.80 bits per heavy atom. The molecule has 2 N–H and O–H groups in total. The summed E-state index contributed by atoms with van der Waals surface area (Å²) in [6.45, 7) is 14.9. The minimum absolute atomic E-state index is 0.173. The third-order valence-corrected chi connectivity index (χ3v) is 3.51. The van der Waals surface area contributed by atoms with E-state index in [0.717, 1.165) is 24.3 Å². The number of hydrogen-bond acceptors (Lipinski definition) is 3. The van der Waals surface area contributed by atoms with Crippen molar-refractivity contribution in [3.8, 4) is 5.75 Å². The smallest absolute Gasteiger partial charge is 0.122 e. The van der Waals surface area contributed by atoms with E-state index in [1.54, 1.807) is 0 Å². The normalized spacial score (nSPS) is 13.0. The van der Waals surface area contributed by atoms with E-state index in [9.17, 15) is 5.11 Å². The van der Waals surface area contributed by atoms with E-state index in [-0.39, 0.29) is 6.04 Å². The fraction of sp³-hybridized carbons (Fsp3) is 0.647. The topological polar surface area (TPSA) is 35.5 Å². The van der Waals surface area contributed by atoms with Gasteiger partial charge in [0.15, 0.2) is 0 Å². The highest BCUT2D eigenvalue weighted by atomic mass is 16.3. The molecule has 0 fully saturated rings. The predicted molar refractivity (Wildman–Crippen MR) is 87.5 cm³/mol. The average Bonchev–Trinajstić information content (AvgIpc) is 2.35. The molecule has 114 valence electrons. The maximum Gasteiger partial charge on any atom is 0.122 e. The van der Waals surface area contributed by atoms with Gasteiger partial charge in [-0.1, -0.05) is 26.8 Å². The molecule has 0 saturated heterocycles. The first-order valence-corrected chi connectivity index (χ1v) is 7.69. The van der Waals surface area contributed by atoms with E-state index >= 15 is 0 Å². The Kier molecular flexibility index (Phi) is 6.34. The summed E-state index contributed by atoms with van der Waals surface area (Å²) < 4.78 is 0. The van der Waals surface area contributed by atoms with Crippen molar-refractivity contribution in [2.45, 2.75) is 53.6 Å². The van der Waals surface area contributed by atoms with Gasteiger partial charge in [0.05, 0.1) is 0 Å². The third-order valence-electron chi connectivity index (χ3n) is 3.51. The second-order valence-electron chi connectivity index (χ2n) is 6.16. The highest BCUT2D eigenvalue weighted by Gasteiger charge is 2.15. The zero-order chi connectivity index (χ0) is 15.3. The maximum absolute atomic E-state index is 10.3. The summed E-state index contributed by atoms with van der Waals surface area (Å²) in [5.74, 6) is 0.977. The predicted octanol–water partition coefficient (Wildman–Crippen LogP) is 3.93. The Morgan fingerprint density at radius 3 is 2.25 bits per heavy atom. The van der Waals surface area contributed by atoms with Crippen LogP contribution in [0, 0.1) is 5.92 Å². The number of phenols is 1. The van der Waals surface area contributed by atoms with Crippen molar-refractivity contribution in [2.75, 3.05) is 18.0 Å². The molecule has 0 aliphatic rings. The van der Waals surface area contributed by atoms with Crippen LogP contribution in [0.15, 0.2) is 18.2 Å². The molecule has 1 aromatic carbocycles. The van der Waals surface area contributed by atoms with E-state index in [1.807, 2.05) is 12.1 Å². The Labute approximate surface area is 124 Å². The molecule has 0 spiro atoms. The molecule has 1 rings (SSSR count). The number of benzene rings is 1. The number of phenolic OH excluding ortho intramolecular Hbond substituents is 1. The lowest BCUT2D eigenvalue weighted by Crippen LogP contribution is -2.34. The summed E-state index contributed by atoms with van der Waals surface area (Å²) in [6.07, 6.45) is 0. The molecule has 0 aromatic heterocycles. The summed E-state index contributed by atoms with van der Waals surface area (Å²) in [4.78, 5) is 2.34. The van der Waals surface area contributed by atoms with Gasteiger partial charge in [-0.2, -0.15) is 0 Å². The Morgan fingerprint density at radius 1 is 1.15 bits per heavy atom. The quantitative estimate of drug-likeness (QED) is 0.793. The van der Waals surface area contributed by atoms with Gasteiger partial charge in [0, 0.05) is 35.9 Å². The fourth-order valence-electron chi connectivity index (χ4n) is 2.50. The molecular weight excluding hydrogens is 248 g/mol. The zero-order valence-electron chi connectivity index (χ0n) is 13.8. The molecule has 1 aromatic rings. The van der Waals surface area contributed by atoms with Gasteiger partial charge in [0.25, 0.3) is 0 Å². The van der Waals surface area contributed by atoms with E-state index in [1.165, 1.54) is 0 Å². The van der Waals surface area contributed by atoms with Crippen molar-refractivity contribution < 1.29 is 5.11 Å². The summed E-state index contributed by atoms with van der Waals surface area (Å²) in [7, 11) is 0. The second-order valence-corrected chi connectivity index (χ2v) is 6.16. The monoisotopic (exact) mass is 278 g/mol. The van der Waals surface area contributed by atoms with Crippen LogP contribution in [0.5, 0.6) is 5.75 Å². The highest BCUT2D eigenvalue weighted by Crippen LogP contribution is 2.30. The Bertz CT molecular complexity index is 415.